The van der Waals surface area contributed by atoms with Gasteiger partial charge in [-0.15, -0.1) is 10.2 Å². The van der Waals surface area contributed by atoms with E-state index < -0.39 is 5.82 Å². The van der Waals surface area contributed by atoms with Crippen LogP contribution in [-0.2, 0) is 6.42 Å². The molecule has 0 atom stereocenters. The van der Waals surface area contributed by atoms with Crippen molar-refractivity contribution in [2.24, 2.45) is 0 Å². The summed E-state index contributed by atoms with van der Waals surface area (Å²) >= 11 is 12.2. The first-order chi connectivity index (χ1) is 17.7. The Kier molecular flexibility index (Phi) is 7.91. The Balaban J connectivity index is 1.61. The van der Waals surface area contributed by atoms with Crippen molar-refractivity contribution in [3.63, 3.8) is 0 Å². The quantitative estimate of drug-likeness (QED) is 0.243. The number of hydrogen-bond acceptors (Lipinski definition) is 8. The number of halogens is 3. The molecule has 4 rings (SSSR count). The van der Waals surface area contributed by atoms with Gasteiger partial charge in [0.1, 0.15) is 5.75 Å². The van der Waals surface area contributed by atoms with E-state index >= 15 is 4.39 Å². The first-order valence-electron chi connectivity index (χ1n) is 11.5. The number of nitriles is 1. The molecule has 4 aromatic rings. The van der Waals surface area contributed by atoms with Gasteiger partial charge in [-0.05, 0) is 52.0 Å². The van der Waals surface area contributed by atoms with Crippen molar-refractivity contribution in [2.75, 3.05) is 18.0 Å². The van der Waals surface area contributed by atoms with E-state index in [1.165, 1.54) is 30.3 Å². The lowest BCUT2D eigenvalue weighted by molar-refractivity contribution is 0.437. The highest BCUT2D eigenvalue weighted by Crippen LogP contribution is 2.36. The summed E-state index contributed by atoms with van der Waals surface area (Å²) in [5.41, 5.74) is 2.56. The minimum Gasteiger partial charge on any atom is -0.453 e. The highest BCUT2D eigenvalue weighted by molar-refractivity contribution is 6.32. The minimum atomic E-state index is -0.690. The lowest BCUT2D eigenvalue weighted by Crippen LogP contribution is -2.25. The van der Waals surface area contributed by atoms with Crippen LogP contribution in [0.15, 0.2) is 34.7 Å². The lowest BCUT2D eigenvalue weighted by atomic mass is 10.1. The van der Waals surface area contributed by atoms with E-state index in [1.807, 2.05) is 33.8 Å². The fourth-order valence-corrected chi connectivity index (χ4v) is 4.26. The molecule has 0 amide bonds. The molecule has 0 saturated carbocycles. The second-order valence-corrected chi connectivity index (χ2v) is 9.00. The van der Waals surface area contributed by atoms with Crippen LogP contribution in [-0.4, -0.2) is 33.3 Å². The fraction of sp³-hybridized carbons (Fsp3) is 0.269. The molecule has 11 heteroatoms. The number of ether oxygens (including phenoxy) is 1. The zero-order valence-corrected chi connectivity index (χ0v) is 22.2. The van der Waals surface area contributed by atoms with E-state index in [0.29, 0.717) is 22.9 Å². The lowest BCUT2D eigenvalue weighted by Gasteiger charge is -2.20. The number of benzene rings is 2. The maximum atomic E-state index is 15.4. The first kappa shape index (κ1) is 26.3. The summed E-state index contributed by atoms with van der Waals surface area (Å²) in [4.78, 5) is 11.3. The average Bonchev–Trinajstić information content (AvgIpc) is 3.31. The third-order valence-corrected chi connectivity index (χ3v) is 6.19. The van der Waals surface area contributed by atoms with Gasteiger partial charge in [-0.2, -0.15) is 5.26 Å². The van der Waals surface area contributed by atoms with E-state index in [2.05, 4.69) is 25.1 Å². The minimum absolute atomic E-state index is 0.00182. The monoisotopic (exact) mass is 540 g/mol. The molecule has 8 nitrogen and oxygen atoms in total. The average molecular weight is 541 g/mol. The van der Waals surface area contributed by atoms with Gasteiger partial charge in [0.05, 0.1) is 40.0 Å². The van der Waals surface area contributed by atoms with Crippen LogP contribution in [0.5, 0.6) is 11.5 Å². The number of hydrogen-bond donors (Lipinski definition) is 0. The second-order valence-electron chi connectivity index (χ2n) is 8.16. The van der Waals surface area contributed by atoms with Gasteiger partial charge in [-0.25, -0.2) is 14.4 Å². The Bertz CT molecular complexity index is 1470. The molecule has 0 spiro atoms. The molecule has 0 N–H and O–H groups in total. The summed E-state index contributed by atoms with van der Waals surface area (Å²) in [5.74, 6) is 0.386. The summed E-state index contributed by atoms with van der Waals surface area (Å²) in [6.45, 7) is 9.37. The predicted molar refractivity (Wildman–Crippen MR) is 139 cm³/mol. The molecule has 190 valence electrons. The van der Waals surface area contributed by atoms with E-state index in [0.717, 1.165) is 13.1 Å². The normalized spacial score (nSPS) is 10.9. The molecule has 0 aliphatic rings. The number of rotatable bonds is 8. The first-order valence-corrected chi connectivity index (χ1v) is 12.3. The van der Waals surface area contributed by atoms with Crippen molar-refractivity contribution in [1.29, 1.82) is 5.26 Å². The largest absolute Gasteiger partial charge is 0.453 e. The van der Waals surface area contributed by atoms with Crippen LogP contribution in [0.25, 0.3) is 11.5 Å². The molecule has 37 heavy (non-hydrogen) atoms. The third-order valence-electron chi connectivity index (χ3n) is 5.68. The number of aromatic nitrogens is 4. The molecule has 0 bridgehead atoms. The number of nitrogens with zero attached hydrogens (tertiary/aromatic N) is 6. The van der Waals surface area contributed by atoms with Crippen LogP contribution in [0.2, 0.25) is 10.0 Å². The van der Waals surface area contributed by atoms with Crippen molar-refractivity contribution in [3.8, 4) is 29.0 Å². The summed E-state index contributed by atoms with van der Waals surface area (Å²) in [6.07, 6.45) is 0.00182. The summed E-state index contributed by atoms with van der Waals surface area (Å²) in [7, 11) is 0. The van der Waals surface area contributed by atoms with Gasteiger partial charge in [-0.3, -0.25) is 0 Å². The SMILES string of the molecule is CCN(CC)c1nc(C)c(-c2nnc(Cc3ccc(Cl)c(Oc4cc(Cl)cc(C#N)c4)c3F)o2)c(C)n1. The van der Waals surface area contributed by atoms with Crippen molar-refractivity contribution < 1.29 is 13.5 Å². The van der Waals surface area contributed by atoms with Gasteiger partial charge in [0.25, 0.3) is 5.89 Å². The highest BCUT2D eigenvalue weighted by atomic mass is 35.5. The van der Waals surface area contributed by atoms with Crippen molar-refractivity contribution in [1.82, 2.24) is 20.2 Å². The third kappa shape index (κ3) is 5.66. The zero-order valence-electron chi connectivity index (χ0n) is 20.6. The smallest absolute Gasteiger partial charge is 0.251 e. The predicted octanol–water partition coefficient (Wildman–Crippen LogP) is 6.69. The topological polar surface area (TPSA) is 101 Å². The molecule has 0 saturated heterocycles. The van der Waals surface area contributed by atoms with Crippen LogP contribution in [0.1, 0.15) is 42.3 Å². The molecule has 2 aromatic carbocycles. The molecule has 0 radical (unpaired) electrons. The molecule has 0 unspecified atom stereocenters. The Hall–Kier alpha value is -3.74. The molecular formula is C26H23Cl2FN6O2. The van der Waals surface area contributed by atoms with Crippen molar-refractivity contribution in [3.05, 3.63) is 74.6 Å². The van der Waals surface area contributed by atoms with E-state index in [-0.39, 0.29) is 50.9 Å². The van der Waals surface area contributed by atoms with Crippen LogP contribution in [0.3, 0.4) is 0 Å². The summed E-state index contributed by atoms with van der Waals surface area (Å²) in [5, 5.41) is 17.7. The summed E-state index contributed by atoms with van der Waals surface area (Å²) in [6, 6.07) is 9.39. The fourth-order valence-electron chi connectivity index (χ4n) is 3.85. The maximum absolute atomic E-state index is 15.4. The van der Waals surface area contributed by atoms with Crippen LogP contribution in [0, 0.1) is 31.0 Å². The molecular weight excluding hydrogens is 518 g/mol. The van der Waals surface area contributed by atoms with Crippen LogP contribution < -0.4 is 9.64 Å². The highest BCUT2D eigenvalue weighted by Gasteiger charge is 2.21. The van der Waals surface area contributed by atoms with Gasteiger partial charge < -0.3 is 14.1 Å². The Morgan fingerprint density at radius 1 is 1.05 bits per heavy atom. The molecule has 2 heterocycles. The van der Waals surface area contributed by atoms with Crippen molar-refractivity contribution in [2.45, 2.75) is 34.1 Å². The number of aryl methyl sites for hydroxylation is 2. The summed E-state index contributed by atoms with van der Waals surface area (Å²) < 4.78 is 26.9. The standard InChI is InChI=1S/C26H23Cl2FN6O2/c1-5-35(6-2)26-31-14(3)22(15(4)32-26)25-34-33-21(37-25)11-17-7-8-20(28)24(23(17)29)36-19-10-16(13-30)9-18(27)12-19/h7-10,12H,5-6,11H2,1-4H3. The molecule has 0 aliphatic heterocycles. The maximum Gasteiger partial charge on any atom is 0.251 e. The molecule has 0 aliphatic carbocycles. The van der Waals surface area contributed by atoms with Gasteiger partial charge in [0.2, 0.25) is 11.8 Å². The molecule has 0 fully saturated rings. The van der Waals surface area contributed by atoms with Gasteiger partial charge in [-0.1, -0.05) is 29.3 Å². The van der Waals surface area contributed by atoms with Crippen LogP contribution in [0.4, 0.5) is 10.3 Å². The second kappa shape index (κ2) is 11.1. The van der Waals surface area contributed by atoms with Gasteiger partial charge in [0, 0.05) is 23.7 Å². The van der Waals surface area contributed by atoms with E-state index in [4.69, 9.17) is 37.6 Å². The van der Waals surface area contributed by atoms with E-state index in [9.17, 15) is 0 Å². The molecule has 2 aromatic heterocycles. The Morgan fingerprint density at radius 3 is 2.41 bits per heavy atom. The van der Waals surface area contributed by atoms with Gasteiger partial charge in [0.15, 0.2) is 11.6 Å². The van der Waals surface area contributed by atoms with Gasteiger partial charge >= 0.3 is 0 Å². The Labute approximate surface area is 223 Å². The van der Waals surface area contributed by atoms with E-state index in [1.54, 1.807) is 0 Å². The Morgan fingerprint density at radius 2 is 1.76 bits per heavy atom. The van der Waals surface area contributed by atoms with Crippen LogP contribution >= 0.6 is 23.2 Å². The zero-order chi connectivity index (χ0) is 26.7. The number of anilines is 1. The van der Waals surface area contributed by atoms with Crippen molar-refractivity contribution >= 4 is 29.2 Å².